The number of likely N-dealkylation sites (tertiary alicyclic amines) is 1. The molecule has 106 valence electrons. The number of amides is 1. The van der Waals surface area contributed by atoms with Crippen molar-refractivity contribution in [1.82, 2.24) is 10.2 Å². The molecule has 1 heterocycles. The lowest BCUT2D eigenvalue weighted by Gasteiger charge is -2.36. The molecule has 5 heteroatoms. The smallest absolute Gasteiger partial charge is 0.407 e. The molecule has 0 aromatic rings. The number of carbonyl (C=O) groups is 1. The highest BCUT2D eigenvalue weighted by molar-refractivity contribution is 5.67. The number of ether oxygens (including phenoxy) is 1. The third-order valence-electron chi connectivity index (χ3n) is 3.30. The maximum absolute atomic E-state index is 11.6. The third-order valence-corrected chi connectivity index (χ3v) is 3.30. The van der Waals surface area contributed by atoms with Gasteiger partial charge in [0.15, 0.2) is 0 Å². The van der Waals surface area contributed by atoms with Gasteiger partial charge in [0, 0.05) is 13.1 Å². The molecule has 0 aromatic heterocycles. The second-order valence-electron chi connectivity index (χ2n) is 6.19. The predicted octanol–water partition coefficient (Wildman–Crippen LogP) is 1.04. The van der Waals surface area contributed by atoms with Crippen molar-refractivity contribution in [3.63, 3.8) is 0 Å². The van der Waals surface area contributed by atoms with E-state index in [1.54, 1.807) is 0 Å². The summed E-state index contributed by atoms with van der Waals surface area (Å²) in [5.41, 5.74) is 5.34. The fourth-order valence-corrected chi connectivity index (χ4v) is 2.33. The number of nitrogens with zero attached hydrogens (tertiary/aromatic N) is 1. The van der Waals surface area contributed by atoms with E-state index in [0.29, 0.717) is 24.9 Å². The summed E-state index contributed by atoms with van der Waals surface area (Å²) >= 11 is 0. The SMILES string of the molecule is CN1CC[C@H](CN)[C@H](CNC(=O)OC(C)(C)C)C1. The number of hydrogen-bond donors (Lipinski definition) is 2. The van der Waals surface area contributed by atoms with E-state index in [-0.39, 0.29) is 6.09 Å². The molecule has 1 aliphatic rings. The van der Waals surface area contributed by atoms with E-state index in [1.165, 1.54) is 0 Å². The molecule has 0 saturated carbocycles. The van der Waals surface area contributed by atoms with Gasteiger partial charge in [-0.1, -0.05) is 0 Å². The van der Waals surface area contributed by atoms with Gasteiger partial charge in [-0.05, 0) is 59.2 Å². The Morgan fingerprint density at radius 1 is 1.44 bits per heavy atom. The Hall–Kier alpha value is -0.810. The Labute approximate surface area is 110 Å². The second kappa shape index (κ2) is 6.38. The van der Waals surface area contributed by atoms with Gasteiger partial charge in [-0.2, -0.15) is 0 Å². The molecular formula is C13H27N3O2. The van der Waals surface area contributed by atoms with Gasteiger partial charge in [0.2, 0.25) is 0 Å². The number of hydrogen-bond acceptors (Lipinski definition) is 4. The quantitative estimate of drug-likeness (QED) is 0.792. The van der Waals surface area contributed by atoms with Crippen LogP contribution in [0.2, 0.25) is 0 Å². The molecule has 1 saturated heterocycles. The Morgan fingerprint density at radius 3 is 2.67 bits per heavy atom. The molecule has 2 atom stereocenters. The van der Waals surface area contributed by atoms with E-state index in [1.807, 2.05) is 20.8 Å². The zero-order valence-corrected chi connectivity index (χ0v) is 12.0. The summed E-state index contributed by atoms with van der Waals surface area (Å²) < 4.78 is 5.23. The van der Waals surface area contributed by atoms with Crippen LogP contribution in [0, 0.1) is 11.8 Å². The summed E-state index contributed by atoms with van der Waals surface area (Å²) in [4.78, 5) is 13.9. The average molecular weight is 257 g/mol. The lowest BCUT2D eigenvalue weighted by molar-refractivity contribution is 0.0494. The summed E-state index contributed by atoms with van der Waals surface area (Å²) in [5.74, 6) is 0.914. The molecule has 3 N–H and O–H groups in total. The predicted molar refractivity (Wildman–Crippen MR) is 72.4 cm³/mol. The van der Waals surface area contributed by atoms with Crippen LogP contribution in [0.15, 0.2) is 0 Å². The highest BCUT2D eigenvalue weighted by Crippen LogP contribution is 2.21. The number of rotatable bonds is 3. The first-order valence-electron chi connectivity index (χ1n) is 6.67. The molecule has 1 rings (SSSR count). The normalized spacial score (nSPS) is 25.8. The number of piperidine rings is 1. The zero-order valence-electron chi connectivity index (χ0n) is 12.0. The Bertz CT molecular complexity index is 276. The summed E-state index contributed by atoms with van der Waals surface area (Å²) in [6, 6.07) is 0. The van der Waals surface area contributed by atoms with E-state index in [0.717, 1.165) is 19.5 Å². The first-order chi connectivity index (χ1) is 8.31. The van der Waals surface area contributed by atoms with Gasteiger partial charge in [0.05, 0.1) is 0 Å². The van der Waals surface area contributed by atoms with Crippen LogP contribution in [0.3, 0.4) is 0 Å². The van der Waals surface area contributed by atoms with Crippen LogP contribution >= 0.6 is 0 Å². The van der Waals surface area contributed by atoms with Crippen molar-refractivity contribution in [2.75, 3.05) is 33.2 Å². The first kappa shape index (κ1) is 15.2. The maximum atomic E-state index is 11.6. The Balaban J connectivity index is 2.38. The van der Waals surface area contributed by atoms with E-state index in [2.05, 4.69) is 17.3 Å². The van der Waals surface area contributed by atoms with Gasteiger partial charge < -0.3 is 20.7 Å². The minimum Gasteiger partial charge on any atom is -0.444 e. The average Bonchev–Trinajstić information content (AvgIpc) is 2.24. The molecule has 1 amide bonds. The fraction of sp³-hybridized carbons (Fsp3) is 0.923. The lowest BCUT2D eigenvalue weighted by atomic mass is 9.85. The molecule has 0 bridgehead atoms. The molecule has 5 nitrogen and oxygen atoms in total. The molecule has 0 aliphatic carbocycles. The van der Waals surface area contributed by atoms with Gasteiger partial charge in [0.1, 0.15) is 5.60 Å². The number of nitrogens with one attached hydrogen (secondary N) is 1. The van der Waals surface area contributed by atoms with Crippen molar-refractivity contribution >= 4 is 6.09 Å². The minimum atomic E-state index is -0.444. The molecule has 1 fully saturated rings. The monoisotopic (exact) mass is 257 g/mol. The van der Waals surface area contributed by atoms with Crippen molar-refractivity contribution < 1.29 is 9.53 Å². The Kier molecular flexibility index (Phi) is 5.41. The van der Waals surface area contributed by atoms with Crippen molar-refractivity contribution in [2.45, 2.75) is 32.8 Å². The maximum Gasteiger partial charge on any atom is 0.407 e. The van der Waals surface area contributed by atoms with Crippen LogP contribution < -0.4 is 11.1 Å². The molecule has 0 radical (unpaired) electrons. The van der Waals surface area contributed by atoms with Gasteiger partial charge in [-0.25, -0.2) is 4.79 Å². The molecule has 1 aliphatic heterocycles. The summed E-state index contributed by atoms with van der Waals surface area (Å²) in [6.45, 7) is 9.00. The topological polar surface area (TPSA) is 67.6 Å². The van der Waals surface area contributed by atoms with Crippen molar-refractivity contribution in [3.05, 3.63) is 0 Å². The largest absolute Gasteiger partial charge is 0.444 e. The number of alkyl carbamates (subject to hydrolysis) is 1. The van der Waals surface area contributed by atoms with Gasteiger partial charge in [-0.3, -0.25) is 0 Å². The van der Waals surface area contributed by atoms with E-state index in [4.69, 9.17) is 10.5 Å². The van der Waals surface area contributed by atoms with Crippen LogP contribution in [0.1, 0.15) is 27.2 Å². The van der Waals surface area contributed by atoms with Gasteiger partial charge >= 0.3 is 6.09 Å². The molecule has 18 heavy (non-hydrogen) atoms. The third kappa shape index (κ3) is 5.23. The van der Waals surface area contributed by atoms with Crippen LogP contribution in [0.5, 0.6) is 0 Å². The van der Waals surface area contributed by atoms with Gasteiger partial charge in [-0.15, -0.1) is 0 Å². The standard InChI is InChI=1S/C13H27N3O2/c1-13(2,3)18-12(17)15-8-11-9-16(4)6-5-10(11)7-14/h10-11H,5-9,14H2,1-4H3,(H,15,17)/t10-,11-/m1/s1. The highest BCUT2D eigenvalue weighted by atomic mass is 16.6. The van der Waals surface area contributed by atoms with E-state index < -0.39 is 5.60 Å². The van der Waals surface area contributed by atoms with Crippen LogP contribution in [-0.4, -0.2) is 49.8 Å². The zero-order chi connectivity index (χ0) is 13.8. The molecular weight excluding hydrogens is 230 g/mol. The number of carbonyl (C=O) groups excluding carboxylic acids is 1. The lowest BCUT2D eigenvalue weighted by Crippen LogP contribution is -2.46. The summed E-state index contributed by atoms with van der Waals surface area (Å²) in [6.07, 6.45) is 0.764. The molecule has 0 aromatic carbocycles. The van der Waals surface area contributed by atoms with E-state index >= 15 is 0 Å². The van der Waals surface area contributed by atoms with Gasteiger partial charge in [0.25, 0.3) is 0 Å². The van der Waals surface area contributed by atoms with Crippen molar-refractivity contribution in [3.8, 4) is 0 Å². The van der Waals surface area contributed by atoms with E-state index in [9.17, 15) is 4.79 Å². The van der Waals surface area contributed by atoms with Crippen LogP contribution in [0.25, 0.3) is 0 Å². The Morgan fingerprint density at radius 2 is 2.11 bits per heavy atom. The molecule has 0 unspecified atom stereocenters. The highest BCUT2D eigenvalue weighted by Gasteiger charge is 2.27. The van der Waals surface area contributed by atoms with Crippen molar-refractivity contribution in [2.24, 2.45) is 17.6 Å². The summed E-state index contributed by atoms with van der Waals surface area (Å²) in [5, 5.41) is 2.85. The van der Waals surface area contributed by atoms with Crippen molar-refractivity contribution in [1.29, 1.82) is 0 Å². The minimum absolute atomic E-state index is 0.341. The second-order valence-corrected chi connectivity index (χ2v) is 6.19. The fourth-order valence-electron chi connectivity index (χ4n) is 2.33. The summed E-state index contributed by atoms with van der Waals surface area (Å²) in [7, 11) is 2.10. The van der Waals surface area contributed by atoms with Crippen LogP contribution in [0.4, 0.5) is 4.79 Å². The number of nitrogens with two attached hydrogens (primary N) is 1. The van der Waals surface area contributed by atoms with Crippen LogP contribution in [-0.2, 0) is 4.74 Å². The molecule has 0 spiro atoms. The first-order valence-corrected chi connectivity index (χ1v) is 6.67.